The molecular formula is C20H24N2O3. The summed E-state index contributed by atoms with van der Waals surface area (Å²) < 4.78 is 0. The Morgan fingerprint density at radius 1 is 1.12 bits per heavy atom. The van der Waals surface area contributed by atoms with E-state index >= 15 is 0 Å². The molecule has 2 atom stereocenters. The Morgan fingerprint density at radius 2 is 1.88 bits per heavy atom. The molecule has 1 aromatic rings. The lowest BCUT2D eigenvalue weighted by Crippen LogP contribution is -2.48. The summed E-state index contributed by atoms with van der Waals surface area (Å²) in [7, 11) is 0. The number of hydrogen-bond acceptors (Lipinski definition) is 3. The Kier molecular flexibility index (Phi) is 4.34. The van der Waals surface area contributed by atoms with Gasteiger partial charge in [0, 0.05) is 24.6 Å². The first-order valence-corrected chi connectivity index (χ1v) is 9.18. The van der Waals surface area contributed by atoms with Crippen LogP contribution < -0.4 is 5.32 Å². The van der Waals surface area contributed by atoms with E-state index in [4.69, 9.17) is 0 Å². The average Bonchev–Trinajstić information content (AvgIpc) is 3.33. The molecule has 0 bridgehead atoms. The highest BCUT2D eigenvalue weighted by molar-refractivity contribution is 5.98. The summed E-state index contributed by atoms with van der Waals surface area (Å²) in [5, 5.41) is 13.1. The zero-order valence-electron chi connectivity index (χ0n) is 14.3. The summed E-state index contributed by atoms with van der Waals surface area (Å²) in [5.74, 6) is -0.310. The third-order valence-corrected chi connectivity index (χ3v) is 5.54. The van der Waals surface area contributed by atoms with E-state index < -0.39 is 12.1 Å². The van der Waals surface area contributed by atoms with Crippen molar-refractivity contribution in [3.63, 3.8) is 0 Å². The second-order valence-corrected chi connectivity index (χ2v) is 7.35. The lowest BCUT2D eigenvalue weighted by atomic mass is 10.0. The summed E-state index contributed by atoms with van der Waals surface area (Å²) in [6.45, 7) is 0.219. The number of β-amino-alcohol motifs (C(OH)–C–C–N with tert-alkyl or cyclic N) is 1. The minimum Gasteiger partial charge on any atom is -0.391 e. The van der Waals surface area contributed by atoms with Crippen LogP contribution in [0.15, 0.2) is 30.4 Å². The summed E-state index contributed by atoms with van der Waals surface area (Å²) >= 11 is 0. The Morgan fingerprint density at radius 3 is 2.68 bits per heavy atom. The van der Waals surface area contributed by atoms with Gasteiger partial charge in [0.25, 0.3) is 5.91 Å². The molecule has 0 radical (unpaired) electrons. The molecule has 1 aromatic carbocycles. The van der Waals surface area contributed by atoms with E-state index in [0.717, 1.165) is 32.1 Å². The summed E-state index contributed by atoms with van der Waals surface area (Å²) in [4.78, 5) is 27.1. The normalized spacial score (nSPS) is 25.4. The van der Waals surface area contributed by atoms with Gasteiger partial charge in [-0.05, 0) is 55.4 Å². The van der Waals surface area contributed by atoms with Crippen LogP contribution in [0.5, 0.6) is 0 Å². The number of fused-ring (bicyclic) bond motifs is 1. The number of likely N-dealkylation sites (tertiary alicyclic amines) is 1. The molecule has 0 saturated carbocycles. The van der Waals surface area contributed by atoms with Gasteiger partial charge in [-0.2, -0.15) is 0 Å². The van der Waals surface area contributed by atoms with Crippen LogP contribution >= 0.6 is 0 Å². The number of benzene rings is 1. The fourth-order valence-corrected chi connectivity index (χ4v) is 4.19. The predicted octanol–water partition coefficient (Wildman–Crippen LogP) is 1.59. The van der Waals surface area contributed by atoms with Crippen molar-refractivity contribution in [3.8, 4) is 0 Å². The van der Waals surface area contributed by atoms with Crippen LogP contribution in [0.3, 0.4) is 0 Å². The number of rotatable bonds is 3. The molecule has 2 unspecified atom stereocenters. The quantitative estimate of drug-likeness (QED) is 0.821. The zero-order valence-corrected chi connectivity index (χ0v) is 14.3. The van der Waals surface area contributed by atoms with E-state index in [1.165, 1.54) is 11.1 Å². The molecule has 4 rings (SSSR count). The molecule has 0 spiro atoms. The number of aryl methyl sites for hydroxylation is 2. The van der Waals surface area contributed by atoms with Crippen molar-refractivity contribution >= 4 is 11.8 Å². The zero-order chi connectivity index (χ0) is 17.4. The van der Waals surface area contributed by atoms with Crippen LogP contribution in [0.1, 0.15) is 47.2 Å². The number of carbonyl (C=O) groups excluding carboxylic acids is 2. The van der Waals surface area contributed by atoms with E-state index in [2.05, 4.69) is 17.5 Å². The van der Waals surface area contributed by atoms with E-state index in [1.54, 1.807) is 4.90 Å². The van der Waals surface area contributed by atoms with Crippen molar-refractivity contribution in [3.05, 3.63) is 47.0 Å². The largest absolute Gasteiger partial charge is 0.391 e. The first-order chi connectivity index (χ1) is 12.1. The molecule has 5 heteroatoms. The molecule has 2 amide bonds. The van der Waals surface area contributed by atoms with Crippen LogP contribution in [0, 0.1) is 0 Å². The van der Waals surface area contributed by atoms with E-state index in [1.807, 2.05) is 18.2 Å². The van der Waals surface area contributed by atoms with Crippen molar-refractivity contribution in [2.24, 2.45) is 0 Å². The molecule has 2 aliphatic carbocycles. The van der Waals surface area contributed by atoms with Gasteiger partial charge in [-0.25, -0.2) is 0 Å². The van der Waals surface area contributed by atoms with Gasteiger partial charge >= 0.3 is 0 Å². The average molecular weight is 340 g/mol. The van der Waals surface area contributed by atoms with Crippen LogP contribution in [-0.4, -0.2) is 46.6 Å². The number of aliphatic hydroxyl groups is 1. The highest BCUT2D eigenvalue weighted by Gasteiger charge is 2.39. The second kappa shape index (κ2) is 6.64. The third-order valence-electron chi connectivity index (χ3n) is 5.54. The van der Waals surface area contributed by atoms with Crippen LogP contribution in [0.2, 0.25) is 0 Å². The van der Waals surface area contributed by atoms with Crippen molar-refractivity contribution in [1.82, 2.24) is 10.2 Å². The topological polar surface area (TPSA) is 69.6 Å². The molecular weight excluding hydrogens is 316 g/mol. The van der Waals surface area contributed by atoms with Crippen LogP contribution in [0.4, 0.5) is 0 Å². The number of nitrogens with zero attached hydrogens (tertiary/aromatic N) is 1. The van der Waals surface area contributed by atoms with Gasteiger partial charge < -0.3 is 15.3 Å². The van der Waals surface area contributed by atoms with Crippen molar-refractivity contribution in [2.75, 3.05) is 6.54 Å². The van der Waals surface area contributed by atoms with Gasteiger partial charge in [0.05, 0.1) is 6.10 Å². The Bertz CT molecular complexity index is 720. The van der Waals surface area contributed by atoms with Crippen molar-refractivity contribution in [2.45, 2.75) is 56.7 Å². The fourth-order valence-electron chi connectivity index (χ4n) is 4.19. The van der Waals surface area contributed by atoms with Crippen molar-refractivity contribution < 1.29 is 14.7 Å². The Balaban J connectivity index is 1.50. The molecule has 1 fully saturated rings. The number of aliphatic hydroxyl groups excluding tert-OH is 1. The molecule has 1 aliphatic heterocycles. The second-order valence-electron chi connectivity index (χ2n) is 7.35. The molecule has 3 aliphatic rings. The predicted molar refractivity (Wildman–Crippen MR) is 94.2 cm³/mol. The maximum absolute atomic E-state index is 13.0. The number of carbonyl (C=O) groups is 2. The standard InChI is InChI=1S/C20H24N2O3/c23-17-11-18(19(24)21-16-6-1-2-7-16)22(12-17)20(25)15-9-8-13-4-3-5-14(13)10-15/h1-2,8-10,16-18,23H,3-7,11-12H2,(H,21,24). The first-order valence-electron chi connectivity index (χ1n) is 9.18. The maximum atomic E-state index is 13.0. The maximum Gasteiger partial charge on any atom is 0.254 e. The number of nitrogens with one attached hydrogen (secondary N) is 1. The Hall–Kier alpha value is -2.14. The first kappa shape index (κ1) is 16.3. The van der Waals surface area contributed by atoms with Crippen LogP contribution in [0.25, 0.3) is 0 Å². The Labute approximate surface area is 147 Å². The van der Waals surface area contributed by atoms with Gasteiger partial charge in [-0.3, -0.25) is 9.59 Å². The summed E-state index contributed by atoms with van der Waals surface area (Å²) in [6, 6.07) is 5.37. The summed E-state index contributed by atoms with van der Waals surface area (Å²) in [5.41, 5.74) is 3.18. The lowest BCUT2D eigenvalue weighted by Gasteiger charge is -2.25. The number of amides is 2. The van der Waals surface area contributed by atoms with Gasteiger partial charge in [-0.1, -0.05) is 18.2 Å². The molecule has 2 N–H and O–H groups in total. The summed E-state index contributed by atoms with van der Waals surface area (Å²) in [6.07, 6.45) is 8.67. The van der Waals surface area contributed by atoms with E-state index in [-0.39, 0.29) is 24.4 Å². The minimum atomic E-state index is -0.643. The van der Waals surface area contributed by atoms with Gasteiger partial charge in [0.1, 0.15) is 6.04 Å². The molecule has 1 saturated heterocycles. The van der Waals surface area contributed by atoms with Gasteiger partial charge in [-0.15, -0.1) is 0 Å². The van der Waals surface area contributed by atoms with Crippen molar-refractivity contribution in [1.29, 1.82) is 0 Å². The monoisotopic (exact) mass is 340 g/mol. The lowest BCUT2D eigenvalue weighted by molar-refractivity contribution is -0.125. The highest BCUT2D eigenvalue weighted by atomic mass is 16.3. The SMILES string of the molecule is O=C(NC1CC=CC1)C1CC(O)CN1C(=O)c1ccc2c(c1)CCC2. The molecule has 0 aromatic heterocycles. The smallest absolute Gasteiger partial charge is 0.254 e. The molecule has 5 nitrogen and oxygen atoms in total. The molecule has 132 valence electrons. The van der Waals surface area contributed by atoms with E-state index in [0.29, 0.717) is 12.0 Å². The molecule has 1 heterocycles. The van der Waals surface area contributed by atoms with E-state index in [9.17, 15) is 14.7 Å². The van der Waals surface area contributed by atoms with Crippen LogP contribution in [-0.2, 0) is 17.6 Å². The molecule has 25 heavy (non-hydrogen) atoms. The van der Waals surface area contributed by atoms with Gasteiger partial charge in [0.2, 0.25) is 5.91 Å². The third kappa shape index (κ3) is 3.21. The minimum absolute atomic E-state index is 0.113. The number of hydrogen-bond donors (Lipinski definition) is 2. The highest BCUT2D eigenvalue weighted by Crippen LogP contribution is 2.26. The fraction of sp³-hybridized carbons (Fsp3) is 0.500. The van der Waals surface area contributed by atoms with Gasteiger partial charge in [0.15, 0.2) is 0 Å².